The van der Waals surface area contributed by atoms with E-state index in [9.17, 15) is 0 Å². The number of nitrogens with zero attached hydrogens (tertiary/aromatic N) is 1. The van der Waals surface area contributed by atoms with E-state index in [4.69, 9.17) is 0 Å². The normalized spacial score (nSPS) is 13.1. The maximum atomic E-state index is 4.27. The van der Waals surface area contributed by atoms with Crippen molar-refractivity contribution in [2.24, 2.45) is 4.99 Å². The summed E-state index contributed by atoms with van der Waals surface area (Å²) in [6.45, 7) is 0. The molecule has 0 saturated heterocycles. The van der Waals surface area contributed by atoms with Crippen molar-refractivity contribution < 1.29 is 0 Å². The molecule has 66 valence electrons. The van der Waals surface area contributed by atoms with Crippen molar-refractivity contribution in [1.29, 1.82) is 0 Å². The van der Waals surface area contributed by atoms with E-state index in [-0.39, 0.29) is 0 Å². The van der Waals surface area contributed by atoms with Gasteiger partial charge in [0.05, 0.1) is 0 Å². The molecule has 1 aromatic heterocycles. The second kappa shape index (κ2) is 2.95. The lowest BCUT2D eigenvalue weighted by molar-refractivity contribution is 1.67. The third-order valence-corrected chi connectivity index (χ3v) is 3.29. The minimum Gasteiger partial charge on any atom is -0.195 e. The molecule has 1 aromatic carbocycles. The van der Waals surface area contributed by atoms with Crippen LogP contribution in [0.1, 0.15) is 5.56 Å². The van der Waals surface area contributed by atoms with Gasteiger partial charge in [-0.15, -0.1) is 11.3 Å². The molecule has 0 N–H and O–H groups in total. The monoisotopic (exact) mass is 197 g/mol. The second-order valence-electron chi connectivity index (χ2n) is 3.08. The van der Waals surface area contributed by atoms with Crippen LogP contribution >= 0.6 is 11.3 Å². The van der Waals surface area contributed by atoms with Crippen LogP contribution in [0.2, 0.25) is 0 Å². The number of thiophene rings is 1. The quantitative estimate of drug-likeness (QED) is 0.609. The van der Waals surface area contributed by atoms with Gasteiger partial charge in [-0.25, -0.2) is 0 Å². The van der Waals surface area contributed by atoms with Crippen LogP contribution in [0, 0.1) is 0 Å². The van der Waals surface area contributed by atoms with Gasteiger partial charge in [0.1, 0.15) is 5.00 Å². The van der Waals surface area contributed by atoms with E-state index in [0.717, 1.165) is 5.00 Å². The van der Waals surface area contributed by atoms with Crippen LogP contribution in [-0.4, -0.2) is 5.87 Å². The highest BCUT2D eigenvalue weighted by atomic mass is 32.1. The molecule has 1 aliphatic rings. The van der Waals surface area contributed by atoms with Crippen LogP contribution in [0.5, 0.6) is 0 Å². The van der Waals surface area contributed by atoms with Gasteiger partial charge >= 0.3 is 0 Å². The topological polar surface area (TPSA) is 12.4 Å². The van der Waals surface area contributed by atoms with Crippen LogP contribution in [0.25, 0.3) is 16.2 Å². The van der Waals surface area contributed by atoms with Crippen LogP contribution < -0.4 is 0 Å². The highest BCUT2D eigenvalue weighted by Crippen LogP contribution is 2.38. The third-order valence-electron chi connectivity index (χ3n) is 2.21. The van der Waals surface area contributed by atoms with E-state index >= 15 is 0 Å². The molecule has 0 saturated carbocycles. The average molecular weight is 197 g/mol. The summed E-state index contributed by atoms with van der Waals surface area (Å²) in [6, 6.07) is 8.38. The molecule has 1 aliphatic heterocycles. The second-order valence-corrected chi connectivity index (χ2v) is 4.11. The number of aliphatic imine (C=N–C) groups is 1. The SMILES string of the molecule is C1=CC=Cc2c(sc3ccccc23)N=1. The lowest BCUT2D eigenvalue weighted by atomic mass is 10.1. The van der Waals surface area contributed by atoms with E-state index in [1.165, 1.54) is 15.6 Å². The fraction of sp³-hybridized carbons (Fsp3) is 0. The van der Waals surface area contributed by atoms with E-state index in [1.807, 2.05) is 12.2 Å². The van der Waals surface area contributed by atoms with Gasteiger partial charge in [0, 0.05) is 15.6 Å². The van der Waals surface area contributed by atoms with Crippen molar-refractivity contribution in [3.8, 4) is 0 Å². The van der Waals surface area contributed by atoms with Crippen LogP contribution in [0.4, 0.5) is 5.00 Å². The zero-order valence-electron chi connectivity index (χ0n) is 7.40. The summed E-state index contributed by atoms with van der Waals surface area (Å²) in [5.74, 6) is 2.89. The Labute approximate surface area is 85.7 Å². The largest absolute Gasteiger partial charge is 0.195 e. The van der Waals surface area contributed by atoms with Crippen molar-refractivity contribution in [3.63, 3.8) is 0 Å². The van der Waals surface area contributed by atoms with E-state index in [0.29, 0.717) is 0 Å². The smallest absolute Gasteiger partial charge is 0.134 e. The van der Waals surface area contributed by atoms with Crippen LogP contribution in [0.15, 0.2) is 41.4 Å². The zero-order chi connectivity index (χ0) is 9.38. The van der Waals surface area contributed by atoms with Crippen LogP contribution in [0.3, 0.4) is 0 Å². The number of hydrogen-bond donors (Lipinski definition) is 0. The molecular formula is C12H7NS. The fourth-order valence-corrected chi connectivity index (χ4v) is 2.61. The molecule has 1 nitrogen and oxygen atoms in total. The molecule has 0 radical (unpaired) electrons. The predicted molar refractivity (Wildman–Crippen MR) is 62.5 cm³/mol. The van der Waals surface area contributed by atoms with Gasteiger partial charge in [0.25, 0.3) is 0 Å². The highest BCUT2D eigenvalue weighted by molar-refractivity contribution is 7.23. The highest BCUT2D eigenvalue weighted by Gasteiger charge is 2.08. The Bertz CT molecular complexity index is 583. The van der Waals surface area contributed by atoms with Gasteiger partial charge < -0.3 is 0 Å². The van der Waals surface area contributed by atoms with Crippen molar-refractivity contribution in [1.82, 2.24) is 0 Å². The minimum absolute atomic E-state index is 1.05. The number of hydrogen-bond acceptors (Lipinski definition) is 2. The summed E-state index contributed by atoms with van der Waals surface area (Å²) in [5, 5.41) is 2.33. The maximum Gasteiger partial charge on any atom is 0.134 e. The summed E-state index contributed by atoms with van der Waals surface area (Å²) in [6.07, 6.45) is 5.91. The number of fused-ring (bicyclic) bond motifs is 3. The molecule has 0 spiro atoms. The first-order chi connectivity index (χ1) is 6.95. The Hall–Kier alpha value is -1.63. The summed E-state index contributed by atoms with van der Waals surface area (Å²) < 4.78 is 1.29. The van der Waals surface area contributed by atoms with Gasteiger partial charge in [-0.05, 0) is 18.0 Å². The average Bonchev–Trinajstić information content (AvgIpc) is 2.42. The zero-order valence-corrected chi connectivity index (χ0v) is 8.21. The molecule has 0 bridgehead atoms. The minimum atomic E-state index is 1.05. The van der Waals surface area contributed by atoms with E-state index in [2.05, 4.69) is 41.2 Å². The van der Waals surface area contributed by atoms with Gasteiger partial charge in [0.15, 0.2) is 0 Å². The Morgan fingerprint density at radius 2 is 2.14 bits per heavy atom. The molecule has 14 heavy (non-hydrogen) atoms. The Balaban J connectivity index is 2.46. The van der Waals surface area contributed by atoms with Gasteiger partial charge in [-0.3, -0.25) is 0 Å². The predicted octanol–water partition coefficient (Wildman–Crippen LogP) is 3.79. The van der Waals surface area contributed by atoms with Crippen molar-refractivity contribution in [2.45, 2.75) is 0 Å². The molecule has 0 unspecified atom stereocenters. The van der Waals surface area contributed by atoms with Gasteiger partial charge in [-0.1, -0.05) is 30.4 Å². The van der Waals surface area contributed by atoms with Crippen molar-refractivity contribution >= 4 is 38.4 Å². The third kappa shape index (κ3) is 1.06. The van der Waals surface area contributed by atoms with Crippen molar-refractivity contribution in [3.05, 3.63) is 42.0 Å². The first kappa shape index (κ1) is 7.74. The standard InChI is InChI=1S/C12H7NS/c1-2-7-11-9(5-1)10-6-3-4-8-13-12(10)14-11/h1-7H. The first-order valence-corrected chi connectivity index (χ1v) is 5.24. The van der Waals surface area contributed by atoms with Gasteiger partial charge in [-0.2, -0.15) is 4.99 Å². The lowest BCUT2D eigenvalue weighted by Crippen LogP contribution is -1.66. The molecular weight excluding hydrogens is 190 g/mol. The molecule has 2 heterocycles. The van der Waals surface area contributed by atoms with Gasteiger partial charge in [0.2, 0.25) is 0 Å². The molecule has 3 rings (SSSR count). The fourth-order valence-electron chi connectivity index (χ4n) is 1.58. The first-order valence-electron chi connectivity index (χ1n) is 4.43. The number of allylic oxidation sites excluding steroid dienone is 2. The summed E-state index contributed by atoms with van der Waals surface area (Å²) in [4.78, 5) is 4.27. The number of rotatable bonds is 0. The van der Waals surface area contributed by atoms with E-state index in [1.54, 1.807) is 11.3 Å². The number of benzene rings is 1. The van der Waals surface area contributed by atoms with Crippen LogP contribution in [-0.2, 0) is 0 Å². The molecule has 2 aromatic rings. The molecule has 2 heteroatoms. The van der Waals surface area contributed by atoms with Crippen molar-refractivity contribution in [2.75, 3.05) is 0 Å². The lowest BCUT2D eigenvalue weighted by Gasteiger charge is -1.90. The summed E-state index contributed by atoms with van der Waals surface area (Å²) in [5.41, 5.74) is 1.21. The summed E-state index contributed by atoms with van der Waals surface area (Å²) in [7, 11) is 0. The molecule has 0 atom stereocenters. The van der Waals surface area contributed by atoms with E-state index < -0.39 is 0 Å². The summed E-state index contributed by atoms with van der Waals surface area (Å²) >= 11 is 1.71. The molecule has 0 amide bonds. The Morgan fingerprint density at radius 1 is 1.21 bits per heavy atom. The Morgan fingerprint density at radius 3 is 3.14 bits per heavy atom. The maximum absolute atomic E-state index is 4.27. The Kier molecular flexibility index (Phi) is 1.63. The molecule has 0 fully saturated rings. The molecule has 0 aliphatic carbocycles.